The van der Waals surface area contributed by atoms with Crippen LogP contribution in [0.4, 0.5) is 0 Å². The van der Waals surface area contributed by atoms with E-state index in [0.717, 1.165) is 41.3 Å². The maximum atomic E-state index is 13.0. The minimum atomic E-state index is -2.98. The zero-order valence-electron chi connectivity index (χ0n) is 25.7. The first-order valence-corrected chi connectivity index (χ1v) is 19.6. The highest BCUT2D eigenvalue weighted by molar-refractivity contribution is 6.99. The van der Waals surface area contributed by atoms with E-state index in [4.69, 9.17) is 8.85 Å². The van der Waals surface area contributed by atoms with Crippen LogP contribution in [0.2, 0.25) is 23.2 Å². The molecule has 4 rings (SSSR count). The summed E-state index contributed by atoms with van der Waals surface area (Å²) in [7, 11) is -5.05. The summed E-state index contributed by atoms with van der Waals surface area (Å²) in [6.45, 7) is 17.3. The number of aliphatic hydroxyl groups is 1. The summed E-state index contributed by atoms with van der Waals surface area (Å²) in [6, 6.07) is 23.4. The summed E-state index contributed by atoms with van der Waals surface area (Å²) in [4.78, 5) is 13.0. The van der Waals surface area contributed by atoms with Gasteiger partial charge in [0.2, 0.25) is 0 Å². The van der Waals surface area contributed by atoms with Crippen molar-refractivity contribution in [2.24, 2.45) is 11.8 Å². The van der Waals surface area contributed by atoms with Gasteiger partial charge in [-0.3, -0.25) is 0 Å². The van der Waals surface area contributed by atoms with E-state index in [-0.39, 0.29) is 29.1 Å². The maximum Gasteiger partial charge on any atom is 0.333 e. The molecule has 0 spiro atoms. The molecule has 2 bridgehead atoms. The average Bonchev–Trinajstić information content (AvgIpc) is 3.43. The van der Waals surface area contributed by atoms with Crippen LogP contribution in [0.1, 0.15) is 54.4 Å². The topological polar surface area (TPSA) is 76.0 Å². The van der Waals surface area contributed by atoms with E-state index in [0.29, 0.717) is 5.57 Å². The molecular weight excluding hydrogens is 545 g/mol. The van der Waals surface area contributed by atoms with Crippen molar-refractivity contribution in [3.8, 4) is 0 Å². The standard InChI is InChI=1S/C34H48O5Si2/c1-8-34(39-40(9-2,10-3)11-4)28-22-23-29(34)31(35)30(28)27(32(36)37)24-38-41(33(5,6)7,25-18-14-12-15-19-25)26-20-16-13-17-21-26/h8,12-21,28-29,31,35H,1,9-11,22-24H2,2-7H3,(H,36,37)/b30-27-/t28-,29+,31+,34-/m0/s1. The van der Waals surface area contributed by atoms with Gasteiger partial charge in [-0.05, 0) is 52.0 Å². The van der Waals surface area contributed by atoms with Crippen molar-refractivity contribution in [2.45, 2.75) is 89.3 Å². The molecule has 4 atom stereocenters. The van der Waals surface area contributed by atoms with Gasteiger partial charge in [-0.2, -0.15) is 0 Å². The van der Waals surface area contributed by atoms with Crippen LogP contribution in [0.3, 0.4) is 0 Å². The normalized spacial score (nSPS) is 25.8. The van der Waals surface area contributed by atoms with Crippen molar-refractivity contribution in [3.63, 3.8) is 0 Å². The van der Waals surface area contributed by atoms with Gasteiger partial charge in [0.1, 0.15) is 0 Å². The Labute approximate surface area is 248 Å². The van der Waals surface area contributed by atoms with Crippen molar-refractivity contribution in [2.75, 3.05) is 6.61 Å². The molecule has 0 radical (unpaired) electrons. The molecule has 2 N–H and O–H groups in total. The predicted molar refractivity (Wildman–Crippen MR) is 172 cm³/mol. The summed E-state index contributed by atoms with van der Waals surface area (Å²) in [5.41, 5.74) is 0.0169. The number of hydrogen-bond donors (Lipinski definition) is 2. The fourth-order valence-electron chi connectivity index (χ4n) is 7.70. The lowest BCUT2D eigenvalue weighted by atomic mass is 9.87. The van der Waals surface area contributed by atoms with E-state index < -0.39 is 34.3 Å². The third-order valence-electron chi connectivity index (χ3n) is 10.1. The second-order valence-corrected chi connectivity index (χ2v) is 21.8. The Morgan fingerprint density at radius 1 is 0.976 bits per heavy atom. The van der Waals surface area contributed by atoms with E-state index in [1.54, 1.807) is 0 Å². The Bertz CT molecular complexity index is 1200. The number of aliphatic hydroxyl groups excluding tert-OH is 1. The number of aliphatic carboxylic acids is 1. The first kappa shape index (κ1) is 31.6. The van der Waals surface area contributed by atoms with Gasteiger partial charge in [0.15, 0.2) is 8.32 Å². The summed E-state index contributed by atoms with van der Waals surface area (Å²) >= 11 is 0. The second-order valence-electron chi connectivity index (χ2n) is 12.8. The monoisotopic (exact) mass is 592 g/mol. The molecule has 7 heteroatoms. The summed E-state index contributed by atoms with van der Waals surface area (Å²) in [6.07, 6.45) is 2.57. The van der Waals surface area contributed by atoms with Crippen LogP contribution in [0, 0.1) is 11.8 Å². The molecule has 0 aliphatic heterocycles. The number of carbonyl (C=O) groups is 1. The van der Waals surface area contributed by atoms with Crippen LogP contribution in [0.15, 0.2) is 84.5 Å². The predicted octanol–water partition coefficient (Wildman–Crippen LogP) is 6.29. The fourth-order valence-corrected chi connectivity index (χ4v) is 15.3. The van der Waals surface area contributed by atoms with E-state index in [1.807, 2.05) is 42.5 Å². The average molecular weight is 593 g/mol. The first-order chi connectivity index (χ1) is 19.5. The van der Waals surface area contributed by atoms with Crippen LogP contribution in [0.25, 0.3) is 0 Å². The lowest BCUT2D eigenvalue weighted by molar-refractivity contribution is -0.133. The van der Waals surface area contributed by atoms with Crippen LogP contribution in [-0.4, -0.2) is 51.1 Å². The SMILES string of the molecule is C=C[C@@]1(O[Si](CC)(CC)CC)[C@@H]2CC[C@H]1/C(=C(\CO[Si](c1ccccc1)(c1ccccc1)C(C)(C)C)C(=O)O)[C@@H]2O. The number of carboxylic acid groups (broad SMARTS) is 1. The molecule has 222 valence electrons. The van der Waals surface area contributed by atoms with Crippen LogP contribution < -0.4 is 10.4 Å². The highest BCUT2D eigenvalue weighted by Crippen LogP contribution is 2.60. The van der Waals surface area contributed by atoms with Crippen molar-refractivity contribution < 1.29 is 23.9 Å². The molecule has 0 unspecified atom stereocenters. The first-order valence-electron chi connectivity index (χ1n) is 15.2. The molecule has 2 aliphatic rings. The lowest BCUT2D eigenvalue weighted by Gasteiger charge is -2.43. The van der Waals surface area contributed by atoms with Gasteiger partial charge < -0.3 is 19.1 Å². The molecule has 41 heavy (non-hydrogen) atoms. The molecular formula is C34H48O5Si2. The molecule has 0 aromatic heterocycles. The molecule has 0 amide bonds. The van der Waals surface area contributed by atoms with Crippen LogP contribution >= 0.6 is 0 Å². The summed E-state index contributed by atoms with van der Waals surface area (Å²) in [5.74, 6) is -1.45. The van der Waals surface area contributed by atoms with Gasteiger partial charge in [0.25, 0.3) is 8.32 Å². The fraction of sp³-hybridized carbons (Fsp3) is 0.500. The molecule has 2 aliphatic carbocycles. The molecule has 0 saturated heterocycles. The third kappa shape index (κ3) is 5.25. The number of hydrogen-bond acceptors (Lipinski definition) is 4. The largest absolute Gasteiger partial charge is 0.478 e. The number of rotatable bonds is 12. The highest BCUT2D eigenvalue weighted by Gasteiger charge is 2.63. The quantitative estimate of drug-likeness (QED) is 0.172. The molecule has 2 fully saturated rings. The number of carboxylic acids is 1. The zero-order chi connectivity index (χ0) is 30.1. The number of benzene rings is 2. The van der Waals surface area contributed by atoms with Crippen molar-refractivity contribution in [1.29, 1.82) is 0 Å². The van der Waals surface area contributed by atoms with Gasteiger partial charge in [-0.25, -0.2) is 4.79 Å². The van der Waals surface area contributed by atoms with Gasteiger partial charge in [-0.1, -0.05) is 108 Å². The maximum absolute atomic E-state index is 13.0. The molecule has 2 aromatic carbocycles. The Hall–Kier alpha value is -2.30. The third-order valence-corrected chi connectivity index (χ3v) is 19.7. The second kappa shape index (κ2) is 12.1. The van der Waals surface area contributed by atoms with Gasteiger partial charge in [0.05, 0.1) is 23.9 Å². The van der Waals surface area contributed by atoms with Crippen molar-refractivity contribution >= 4 is 33.0 Å². The van der Waals surface area contributed by atoms with Crippen LogP contribution in [-0.2, 0) is 13.6 Å². The summed E-state index contributed by atoms with van der Waals surface area (Å²) < 4.78 is 14.2. The van der Waals surface area contributed by atoms with E-state index in [2.05, 4.69) is 72.4 Å². The van der Waals surface area contributed by atoms with Gasteiger partial charge in [-0.15, -0.1) is 6.58 Å². The Morgan fingerprint density at radius 2 is 1.49 bits per heavy atom. The van der Waals surface area contributed by atoms with Gasteiger partial charge >= 0.3 is 5.97 Å². The van der Waals surface area contributed by atoms with E-state index >= 15 is 0 Å². The van der Waals surface area contributed by atoms with Crippen molar-refractivity contribution in [1.82, 2.24) is 0 Å². The molecule has 0 heterocycles. The Balaban J connectivity index is 1.83. The van der Waals surface area contributed by atoms with Crippen molar-refractivity contribution in [3.05, 3.63) is 84.5 Å². The minimum absolute atomic E-state index is 0.0800. The van der Waals surface area contributed by atoms with Gasteiger partial charge in [0, 0.05) is 11.8 Å². The Kier molecular flexibility index (Phi) is 9.36. The molecule has 2 aromatic rings. The lowest BCUT2D eigenvalue weighted by Crippen LogP contribution is -2.66. The Morgan fingerprint density at radius 3 is 1.90 bits per heavy atom. The number of fused-ring (bicyclic) bond motifs is 2. The zero-order valence-corrected chi connectivity index (χ0v) is 27.7. The highest BCUT2D eigenvalue weighted by atomic mass is 28.4. The molecule has 5 nitrogen and oxygen atoms in total. The van der Waals surface area contributed by atoms with E-state index in [9.17, 15) is 15.0 Å². The summed E-state index contributed by atoms with van der Waals surface area (Å²) in [5, 5.41) is 24.3. The van der Waals surface area contributed by atoms with Crippen LogP contribution in [0.5, 0.6) is 0 Å². The molecule has 2 saturated carbocycles. The van der Waals surface area contributed by atoms with E-state index in [1.165, 1.54) is 0 Å². The smallest absolute Gasteiger partial charge is 0.333 e. The minimum Gasteiger partial charge on any atom is -0.478 e.